The summed E-state index contributed by atoms with van der Waals surface area (Å²) in [7, 11) is -3.23. The van der Waals surface area contributed by atoms with Crippen molar-refractivity contribution >= 4 is 15.7 Å². The Morgan fingerprint density at radius 3 is 2.38 bits per heavy atom. The van der Waals surface area contributed by atoms with Crippen LogP contribution in [0.4, 0.5) is 22.0 Å². The zero-order chi connectivity index (χ0) is 31.7. The van der Waals surface area contributed by atoms with Gasteiger partial charge in [-0.2, -0.15) is 27.1 Å². The quantitative estimate of drug-likeness (QED) is 0.322. The molecule has 1 saturated carbocycles. The van der Waals surface area contributed by atoms with Gasteiger partial charge >= 0.3 is 12.8 Å². The van der Waals surface area contributed by atoms with Crippen molar-refractivity contribution in [2.45, 2.75) is 96.4 Å². The van der Waals surface area contributed by atoms with E-state index in [1.54, 1.807) is 19.9 Å². The molecule has 42 heavy (non-hydrogen) atoms. The minimum absolute atomic E-state index is 0.00124. The molecule has 1 aromatic heterocycles. The summed E-state index contributed by atoms with van der Waals surface area (Å²) in [6, 6.07) is 4.30. The van der Waals surface area contributed by atoms with Crippen LogP contribution in [0, 0.1) is 12.3 Å². The van der Waals surface area contributed by atoms with Gasteiger partial charge in [0.25, 0.3) is 5.91 Å². The Morgan fingerprint density at radius 2 is 1.86 bits per heavy atom. The number of alkyl halides is 5. The zero-order valence-electron chi connectivity index (χ0n) is 24.3. The van der Waals surface area contributed by atoms with Crippen molar-refractivity contribution in [1.29, 1.82) is 0 Å². The average Bonchev–Trinajstić information content (AvgIpc) is 3.16. The SMILES string of the molecule is CCn1nc(C(=O)NCC2(O)CCC(S(C)(=O)=O)CC2)c(C)c1-c1ccc(CC(C)(C)CC(F)(F)F)cc1OC(F)F. The number of halogens is 5. The second-order valence-corrected chi connectivity index (χ2v) is 14.2. The van der Waals surface area contributed by atoms with E-state index < -0.39 is 51.2 Å². The van der Waals surface area contributed by atoms with E-state index in [9.17, 15) is 40.3 Å². The number of nitrogens with one attached hydrogen (secondary N) is 1. The largest absolute Gasteiger partial charge is 0.434 e. The summed E-state index contributed by atoms with van der Waals surface area (Å²) in [4.78, 5) is 13.1. The number of ether oxygens (including phenoxy) is 1. The predicted octanol–water partition coefficient (Wildman–Crippen LogP) is 5.45. The molecule has 1 aliphatic carbocycles. The van der Waals surface area contributed by atoms with E-state index in [0.717, 1.165) is 6.26 Å². The number of aromatic nitrogens is 2. The zero-order valence-corrected chi connectivity index (χ0v) is 25.1. The van der Waals surface area contributed by atoms with Crippen molar-refractivity contribution in [3.05, 3.63) is 35.0 Å². The number of aryl methyl sites for hydroxylation is 1. The highest BCUT2D eigenvalue weighted by Gasteiger charge is 2.38. The number of nitrogens with zero attached hydrogens (tertiary/aromatic N) is 2. The molecule has 8 nitrogen and oxygen atoms in total. The summed E-state index contributed by atoms with van der Waals surface area (Å²) in [5.41, 5.74) is -1.23. The average molecular weight is 624 g/mol. The predicted molar refractivity (Wildman–Crippen MR) is 147 cm³/mol. The molecule has 1 aliphatic rings. The van der Waals surface area contributed by atoms with Crippen LogP contribution in [-0.4, -0.2) is 65.7 Å². The molecule has 14 heteroatoms. The van der Waals surface area contributed by atoms with Crippen LogP contribution in [0.25, 0.3) is 11.3 Å². The summed E-state index contributed by atoms with van der Waals surface area (Å²) in [6.45, 7) is 3.13. The fourth-order valence-corrected chi connectivity index (χ4v) is 6.71. The lowest BCUT2D eigenvalue weighted by Gasteiger charge is -2.35. The lowest BCUT2D eigenvalue weighted by Crippen LogP contribution is -2.47. The third kappa shape index (κ3) is 8.65. The van der Waals surface area contributed by atoms with E-state index in [-0.39, 0.29) is 62.2 Å². The van der Waals surface area contributed by atoms with Crippen molar-refractivity contribution in [2.24, 2.45) is 5.41 Å². The number of rotatable bonds is 11. The van der Waals surface area contributed by atoms with Crippen LogP contribution in [0.1, 0.15) is 74.5 Å². The van der Waals surface area contributed by atoms with Crippen LogP contribution in [-0.2, 0) is 22.8 Å². The highest BCUT2D eigenvalue weighted by atomic mass is 32.2. The Bertz CT molecular complexity index is 1380. The number of hydrogen-bond donors (Lipinski definition) is 2. The van der Waals surface area contributed by atoms with Crippen molar-refractivity contribution < 1.29 is 45.0 Å². The molecule has 0 aliphatic heterocycles. The van der Waals surface area contributed by atoms with Gasteiger partial charge in [0.1, 0.15) is 15.6 Å². The summed E-state index contributed by atoms with van der Waals surface area (Å²) >= 11 is 0. The number of aliphatic hydroxyl groups is 1. The van der Waals surface area contributed by atoms with Gasteiger partial charge in [-0.05, 0) is 69.1 Å². The molecule has 3 rings (SSSR count). The minimum Gasteiger partial charge on any atom is -0.434 e. The number of benzene rings is 1. The highest BCUT2D eigenvalue weighted by Crippen LogP contribution is 2.40. The molecule has 1 amide bonds. The molecular weight excluding hydrogens is 585 g/mol. The Labute approximate surface area is 242 Å². The lowest BCUT2D eigenvalue weighted by atomic mass is 9.82. The third-order valence-corrected chi connectivity index (χ3v) is 9.31. The molecule has 0 bridgehead atoms. The molecular formula is C28H38F5N3O5S. The Kier molecular flexibility index (Phi) is 10.0. The maximum Gasteiger partial charge on any atom is 0.389 e. The van der Waals surface area contributed by atoms with E-state index >= 15 is 0 Å². The van der Waals surface area contributed by atoms with E-state index in [0.29, 0.717) is 16.8 Å². The minimum atomic E-state index is -4.39. The number of carbonyl (C=O) groups is 1. The molecule has 1 fully saturated rings. The summed E-state index contributed by atoms with van der Waals surface area (Å²) in [5, 5.41) is 17.4. The lowest BCUT2D eigenvalue weighted by molar-refractivity contribution is -0.154. The molecule has 0 saturated heterocycles. The van der Waals surface area contributed by atoms with Crippen molar-refractivity contribution in [3.8, 4) is 17.0 Å². The normalized spacial score (nSPS) is 20.1. The van der Waals surface area contributed by atoms with Crippen LogP contribution in [0.5, 0.6) is 5.75 Å². The first kappa shape index (κ1) is 33.8. The smallest absolute Gasteiger partial charge is 0.389 e. The maximum absolute atomic E-state index is 13.4. The van der Waals surface area contributed by atoms with E-state index in [1.807, 2.05) is 0 Å². The number of carbonyl (C=O) groups excluding carboxylic acids is 1. The molecule has 1 aromatic carbocycles. The topological polar surface area (TPSA) is 111 Å². The van der Waals surface area contributed by atoms with E-state index in [4.69, 9.17) is 4.74 Å². The standard InChI is InChI=1S/C28H38F5N3O5S/c1-6-36-23(20-8-7-18(13-21(20)41-25(29)30)14-26(3,4)15-28(31,32)33)17(2)22(35-36)24(37)34-16-27(38)11-9-19(10-12-27)42(5,39)40/h7-8,13,19,25,38H,6,9-12,14-16H2,1-5H3,(H,34,37). The molecule has 0 atom stereocenters. The molecule has 1 heterocycles. The van der Waals surface area contributed by atoms with Crippen LogP contribution in [0.15, 0.2) is 18.2 Å². The number of sulfone groups is 1. The van der Waals surface area contributed by atoms with Crippen molar-refractivity contribution in [1.82, 2.24) is 15.1 Å². The maximum atomic E-state index is 13.4. The Hall–Kier alpha value is -2.74. The molecule has 2 N–H and O–H groups in total. The molecule has 0 spiro atoms. The Morgan fingerprint density at radius 1 is 1.24 bits per heavy atom. The monoisotopic (exact) mass is 623 g/mol. The van der Waals surface area contributed by atoms with Gasteiger partial charge in [0.15, 0.2) is 5.69 Å². The first-order chi connectivity index (χ1) is 19.2. The van der Waals surface area contributed by atoms with Gasteiger partial charge in [0, 0.05) is 36.9 Å². The van der Waals surface area contributed by atoms with E-state index in [2.05, 4.69) is 10.4 Å². The number of amides is 1. The van der Waals surface area contributed by atoms with Gasteiger partial charge in [0.2, 0.25) is 0 Å². The van der Waals surface area contributed by atoms with E-state index in [1.165, 1.54) is 30.7 Å². The third-order valence-electron chi connectivity index (χ3n) is 7.63. The Balaban J connectivity index is 1.87. The fraction of sp³-hybridized carbons (Fsp3) is 0.643. The fourth-order valence-electron chi connectivity index (χ4n) is 5.62. The molecule has 0 radical (unpaired) electrons. The second kappa shape index (κ2) is 12.5. The van der Waals surface area contributed by atoms with Gasteiger partial charge in [0.05, 0.1) is 16.5 Å². The molecule has 0 unspecified atom stereocenters. The van der Waals surface area contributed by atoms with Crippen LogP contribution in [0.3, 0.4) is 0 Å². The number of hydrogen-bond acceptors (Lipinski definition) is 6. The van der Waals surface area contributed by atoms with Crippen LogP contribution in [0.2, 0.25) is 0 Å². The van der Waals surface area contributed by atoms with Crippen LogP contribution < -0.4 is 10.1 Å². The van der Waals surface area contributed by atoms with Gasteiger partial charge in [-0.3, -0.25) is 9.48 Å². The summed E-state index contributed by atoms with van der Waals surface area (Å²) in [6.07, 6.45) is -3.39. The van der Waals surface area contributed by atoms with Gasteiger partial charge in [-0.1, -0.05) is 19.9 Å². The first-order valence-corrected chi connectivity index (χ1v) is 15.6. The first-order valence-electron chi connectivity index (χ1n) is 13.7. The summed E-state index contributed by atoms with van der Waals surface area (Å²) in [5.74, 6) is -0.867. The van der Waals surface area contributed by atoms with Gasteiger partial charge in [-0.15, -0.1) is 0 Å². The van der Waals surface area contributed by atoms with Gasteiger partial charge in [-0.25, -0.2) is 8.42 Å². The highest BCUT2D eigenvalue weighted by molar-refractivity contribution is 7.91. The summed E-state index contributed by atoms with van der Waals surface area (Å²) < 4.78 is 95.8. The van der Waals surface area contributed by atoms with Crippen molar-refractivity contribution in [3.63, 3.8) is 0 Å². The van der Waals surface area contributed by atoms with Gasteiger partial charge < -0.3 is 15.2 Å². The molecule has 236 valence electrons. The second-order valence-electron chi connectivity index (χ2n) is 11.9. The van der Waals surface area contributed by atoms with Crippen LogP contribution >= 0.6 is 0 Å². The van der Waals surface area contributed by atoms with Crippen molar-refractivity contribution in [2.75, 3.05) is 12.8 Å². The molecule has 2 aromatic rings.